The van der Waals surface area contributed by atoms with E-state index in [1.807, 2.05) is 24.3 Å². The number of hydrogen-bond acceptors (Lipinski definition) is 5. The number of carbonyl (C=O) groups is 1. The lowest BCUT2D eigenvalue weighted by molar-refractivity contribution is 0.0909. The molecule has 1 fully saturated rings. The molecule has 0 aliphatic carbocycles. The van der Waals surface area contributed by atoms with Gasteiger partial charge in [-0.3, -0.25) is 0 Å². The summed E-state index contributed by atoms with van der Waals surface area (Å²) in [5.41, 5.74) is 0.468. The molecule has 6 nitrogen and oxygen atoms in total. The van der Waals surface area contributed by atoms with Crippen molar-refractivity contribution in [2.24, 2.45) is 4.99 Å². The molecule has 2 aliphatic rings. The van der Waals surface area contributed by atoms with Crippen molar-refractivity contribution >= 4 is 17.6 Å². The molecule has 3 rings (SSSR count). The highest BCUT2D eigenvalue weighted by atomic mass is 16.5. The molecule has 1 unspecified atom stereocenters. The lowest BCUT2D eigenvalue weighted by Gasteiger charge is -2.31. The van der Waals surface area contributed by atoms with E-state index < -0.39 is 11.7 Å². The van der Waals surface area contributed by atoms with Gasteiger partial charge in [0.2, 0.25) is 0 Å². The number of carbonyl (C=O) groups excluding carboxylic acids is 1. The van der Waals surface area contributed by atoms with Crippen molar-refractivity contribution in [2.75, 3.05) is 26.7 Å². The quantitative estimate of drug-likeness (QED) is 0.892. The minimum Gasteiger partial charge on any atom is -0.453 e. The summed E-state index contributed by atoms with van der Waals surface area (Å²) < 4.78 is 4.57. The Morgan fingerprint density at radius 3 is 2.86 bits per heavy atom. The maximum absolute atomic E-state index is 11.3. The van der Waals surface area contributed by atoms with Gasteiger partial charge < -0.3 is 20.1 Å². The van der Waals surface area contributed by atoms with E-state index in [1.165, 1.54) is 7.11 Å². The molecule has 0 radical (unpaired) electrons. The number of amides is 1. The van der Waals surface area contributed by atoms with Gasteiger partial charge in [0.1, 0.15) is 5.84 Å². The Bertz CT molecular complexity index is 596. The zero-order valence-corrected chi connectivity index (χ0v) is 12.7. The zero-order valence-electron chi connectivity index (χ0n) is 12.7. The van der Waals surface area contributed by atoms with Gasteiger partial charge in [-0.2, -0.15) is 0 Å². The number of ether oxygens (including phenoxy) is 1. The van der Waals surface area contributed by atoms with Crippen LogP contribution in [0.15, 0.2) is 29.3 Å². The van der Waals surface area contributed by atoms with Gasteiger partial charge in [-0.1, -0.05) is 18.2 Å². The van der Waals surface area contributed by atoms with Crippen LogP contribution in [0.4, 0.5) is 10.5 Å². The van der Waals surface area contributed by atoms with E-state index in [-0.39, 0.29) is 0 Å². The fraction of sp³-hybridized carbons (Fsp3) is 0.500. The van der Waals surface area contributed by atoms with Crippen LogP contribution in [0.3, 0.4) is 0 Å². The highest BCUT2D eigenvalue weighted by Gasteiger charge is 2.44. The molecule has 0 saturated carbocycles. The van der Waals surface area contributed by atoms with Crippen LogP contribution >= 0.6 is 0 Å². The number of methoxy groups -OCH3 is 1. The van der Waals surface area contributed by atoms with Crippen molar-refractivity contribution in [2.45, 2.75) is 24.9 Å². The fourth-order valence-electron chi connectivity index (χ4n) is 3.17. The van der Waals surface area contributed by atoms with Crippen LogP contribution in [0.2, 0.25) is 0 Å². The number of nitrogens with one attached hydrogen (secondary N) is 1. The highest BCUT2D eigenvalue weighted by molar-refractivity contribution is 5.98. The molecular formula is C16H21N3O3. The molecule has 6 heteroatoms. The van der Waals surface area contributed by atoms with Gasteiger partial charge >= 0.3 is 6.09 Å². The minimum atomic E-state index is -1.15. The van der Waals surface area contributed by atoms with E-state index in [1.54, 1.807) is 0 Å². The second-order valence-corrected chi connectivity index (χ2v) is 5.68. The Morgan fingerprint density at radius 2 is 2.14 bits per heavy atom. The number of nitrogens with zero attached hydrogens (tertiary/aromatic N) is 2. The van der Waals surface area contributed by atoms with Crippen molar-refractivity contribution in [1.29, 1.82) is 0 Å². The van der Waals surface area contributed by atoms with Crippen LogP contribution in [0.1, 0.15) is 24.8 Å². The molecule has 2 aliphatic heterocycles. The van der Waals surface area contributed by atoms with E-state index >= 15 is 0 Å². The van der Waals surface area contributed by atoms with Crippen molar-refractivity contribution in [3.8, 4) is 0 Å². The Hall–Kier alpha value is -2.08. The average Bonchev–Trinajstić information content (AvgIpc) is 3.14. The number of amidine groups is 1. The topological polar surface area (TPSA) is 74.2 Å². The summed E-state index contributed by atoms with van der Waals surface area (Å²) in [5, 5.41) is 13.9. The van der Waals surface area contributed by atoms with Gasteiger partial charge in [0.15, 0.2) is 5.60 Å². The molecule has 1 saturated heterocycles. The van der Waals surface area contributed by atoms with E-state index in [2.05, 4.69) is 19.9 Å². The van der Waals surface area contributed by atoms with Crippen molar-refractivity contribution in [3.05, 3.63) is 29.8 Å². The first-order valence-electron chi connectivity index (χ1n) is 7.63. The predicted octanol–water partition coefficient (Wildman–Crippen LogP) is 1.76. The first-order valence-corrected chi connectivity index (χ1v) is 7.63. The third-order valence-electron chi connectivity index (χ3n) is 4.29. The van der Waals surface area contributed by atoms with E-state index in [9.17, 15) is 9.90 Å². The zero-order chi connectivity index (χ0) is 15.6. The summed E-state index contributed by atoms with van der Waals surface area (Å²) in [6, 6.07) is 7.64. The first-order chi connectivity index (χ1) is 10.6. The second-order valence-electron chi connectivity index (χ2n) is 5.68. The summed E-state index contributed by atoms with van der Waals surface area (Å²) in [6.45, 7) is 2.16. The summed E-state index contributed by atoms with van der Waals surface area (Å²) in [5.74, 6) is 0.706. The van der Waals surface area contributed by atoms with Crippen molar-refractivity contribution in [3.63, 3.8) is 0 Å². The number of benzene rings is 1. The van der Waals surface area contributed by atoms with Gasteiger partial charge in [-0.15, -0.1) is 0 Å². The summed E-state index contributed by atoms with van der Waals surface area (Å²) >= 11 is 0. The van der Waals surface area contributed by atoms with Gasteiger partial charge in [-0.25, -0.2) is 9.79 Å². The number of aliphatic imine (C=N–C) groups is 1. The lowest BCUT2D eigenvalue weighted by Crippen LogP contribution is -2.45. The number of alkyl carbamates (subject to hydrolysis) is 1. The summed E-state index contributed by atoms with van der Waals surface area (Å²) in [6.07, 6.45) is 2.11. The molecule has 22 heavy (non-hydrogen) atoms. The van der Waals surface area contributed by atoms with Gasteiger partial charge in [0, 0.05) is 31.6 Å². The Balaban J connectivity index is 1.83. The standard InChI is InChI=1S/C16H21N3O3/c1-22-15(20)17-9-8-16(21)12-6-2-3-7-13(12)18-14(16)19-10-4-5-11-19/h2-3,6-7,21H,4-5,8-11H2,1H3,(H,17,20). The van der Waals surface area contributed by atoms with Gasteiger partial charge in [-0.05, 0) is 18.9 Å². The van der Waals surface area contributed by atoms with Gasteiger partial charge in [0.05, 0.1) is 12.8 Å². The summed E-state index contributed by atoms with van der Waals surface area (Å²) in [7, 11) is 1.33. The molecule has 1 aromatic rings. The third-order valence-corrected chi connectivity index (χ3v) is 4.29. The first kappa shape index (κ1) is 14.8. The minimum absolute atomic E-state index is 0.324. The number of rotatable bonds is 3. The molecule has 1 aromatic carbocycles. The van der Waals surface area contributed by atoms with Crippen molar-refractivity contribution in [1.82, 2.24) is 10.2 Å². The number of aliphatic hydroxyl groups is 1. The smallest absolute Gasteiger partial charge is 0.406 e. The molecular weight excluding hydrogens is 282 g/mol. The van der Waals surface area contributed by atoms with E-state index in [0.717, 1.165) is 37.2 Å². The SMILES string of the molecule is COC(=O)NCCC1(O)C(N2CCCC2)=Nc2ccccc21. The molecule has 118 valence electrons. The molecule has 2 heterocycles. The molecule has 1 atom stereocenters. The highest BCUT2D eigenvalue weighted by Crippen LogP contribution is 2.42. The van der Waals surface area contributed by atoms with E-state index in [4.69, 9.17) is 0 Å². The molecule has 2 N–H and O–H groups in total. The van der Waals surface area contributed by atoms with Crippen molar-refractivity contribution < 1.29 is 14.6 Å². The predicted molar refractivity (Wildman–Crippen MR) is 83.3 cm³/mol. The molecule has 0 aromatic heterocycles. The molecule has 0 bridgehead atoms. The number of para-hydroxylation sites is 1. The fourth-order valence-corrected chi connectivity index (χ4v) is 3.17. The van der Waals surface area contributed by atoms with Crippen LogP contribution < -0.4 is 5.32 Å². The van der Waals surface area contributed by atoms with Crippen LogP contribution in [0, 0.1) is 0 Å². The van der Waals surface area contributed by atoms with Crippen LogP contribution in [-0.4, -0.2) is 48.7 Å². The Morgan fingerprint density at radius 1 is 1.41 bits per heavy atom. The third kappa shape index (κ3) is 2.54. The number of likely N-dealkylation sites (tertiary alicyclic amines) is 1. The Labute approximate surface area is 129 Å². The molecule has 0 spiro atoms. The van der Waals surface area contributed by atoms with Crippen LogP contribution in [-0.2, 0) is 10.3 Å². The second kappa shape index (κ2) is 5.96. The Kier molecular flexibility index (Phi) is 4.02. The maximum Gasteiger partial charge on any atom is 0.406 e. The van der Waals surface area contributed by atoms with Crippen LogP contribution in [0.5, 0.6) is 0 Å². The number of fused-ring (bicyclic) bond motifs is 1. The maximum atomic E-state index is 11.3. The normalized spacial score (nSPS) is 23.2. The van der Waals surface area contributed by atoms with Gasteiger partial charge in [0.25, 0.3) is 0 Å². The summed E-state index contributed by atoms with van der Waals surface area (Å²) in [4.78, 5) is 18.0. The van der Waals surface area contributed by atoms with Crippen LogP contribution in [0.25, 0.3) is 0 Å². The monoisotopic (exact) mass is 303 g/mol. The van der Waals surface area contributed by atoms with E-state index in [0.29, 0.717) is 18.8 Å². The average molecular weight is 303 g/mol. The number of hydrogen-bond donors (Lipinski definition) is 2. The lowest BCUT2D eigenvalue weighted by atomic mass is 9.89. The largest absolute Gasteiger partial charge is 0.453 e. The molecule has 1 amide bonds.